The largest absolute Gasteiger partial charge is 0.545 e. The van der Waals surface area contributed by atoms with E-state index in [0.717, 1.165) is 3.57 Å². The molecule has 0 amide bonds. The monoisotopic (exact) mass is 352 g/mol. The molecule has 0 unspecified atom stereocenters. The SMILES string of the molecule is Cc1ccc([I+]c2ccccc2C(=O)[O-])c(C)c1. The molecule has 0 aromatic heterocycles. The van der Waals surface area contributed by atoms with E-state index in [1.165, 1.54) is 14.7 Å². The Bertz CT molecular complexity index is 591. The second kappa shape index (κ2) is 5.52. The third-order valence-corrected chi connectivity index (χ3v) is 5.92. The summed E-state index contributed by atoms with van der Waals surface area (Å²) in [6.45, 7) is 4.13. The van der Waals surface area contributed by atoms with Crippen LogP contribution in [0.4, 0.5) is 0 Å². The average Bonchev–Trinajstić information content (AvgIpc) is 2.33. The van der Waals surface area contributed by atoms with Crippen molar-refractivity contribution in [3.8, 4) is 0 Å². The highest BCUT2D eigenvalue weighted by Crippen LogP contribution is 2.02. The highest BCUT2D eigenvalue weighted by Gasteiger charge is 2.21. The van der Waals surface area contributed by atoms with Gasteiger partial charge in [-0.15, -0.1) is 0 Å². The van der Waals surface area contributed by atoms with Crippen molar-refractivity contribution in [2.45, 2.75) is 13.8 Å². The fourth-order valence-electron chi connectivity index (χ4n) is 1.72. The lowest BCUT2D eigenvalue weighted by Crippen LogP contribution is -3.62. The van der Waals surface area contributed by atoms with E-state index in [1.54, 1.807) is 12.1 Å². The lowest BCUT2D eigenvalue weighted by Gasteiger charge is -2.02. The van der Waals surface area contributed by atoms with Crippen molar-refractivity contribution in [3.05, 3.63) is 66.3 Å². The molecule has 0 aliphatic heterocycles. The summed E-state index contributed by atoms with van der Waals surface area (Å²) in [5.41, 5.74) is 2.79. The molecule has 2 nitrogen and oxygen atoms in total. The minimum Gasteiger partial charge on any atom is -0.545 e. The van der Waals surface area contributed by atoms with Gasteiger partial charge in [-0.3, -0.25) is 0 Å². The average molecular weight is 352 g/mol. The topological polar surface area (TPSA) is 40.1 Å². The number of benzene rings is 2. The molecule has 0 saturated heterocycles. The molecule has 0 spiro atoms. The molecule has 0 fully saturated rings. The van der Waals surface area contributed by atoms with Gasteiger partial charge in [0.25, 0.3) is 0 Å². The van der Waals surface area contributed by atoms with Gasteiger partial charge in [0.2, 0.25) is 3.57 Å². The lowest BCUT2D eigenvalue weighted by molar-refractivity contribution is -0.598. The summed E-state index contributed by atoms with van der Waals surface area (Å²) >= 11 is -0.482. The minimum absolute atomic E-state index is 0.324. The van der Waals surface area contributed by atoms with Crippen LogP contribution in [0.3, 0.4) is 0 Å². The summed E-state index contributed by atoms with van der Waals surface area (Å²) in [5.74, 6) is -1.09. The second-order valence-corrected chi connectivity index (χ2v) is 6.98. The van der Waals surface area contributed by atoms with Crippen LogP contribution in [0.15, 0.2) is 42.5 Å². The maximum Gasteiger partial charge on any atom is 0.358 e. The van der Waals surface area contributed by atoms with Crippen molar-refractivity contribution in [1.82, 2.24) is 0 Å². The van der Waals surface area contributed by atoms with Crippen LogP contribution < -0.4 is 26.3 Å². The van der Waals surface area contributed by atoms with Crippen molar-refractivity contribution in [2.24, 2.45) is 0 Å². The molecule has 3 heteroatoms. The zero-order valence-corrected chi connectivity index (χ0v) is 12.4. The van der Waals surface area contributed by atoms with Gasteiger partial charge in [-0.1, -0.05) is 29.8 Å². The second-order valence-electron chi connectivity index (χ2n) is 4.11. The summed E-state index contributed by atoms with van der Waals surface area (Å²) in [6.07, 6.45) is 0. The van der Waals surface area contributed by atoms with Gasteiger partial charge in [-0.05, 0) is 32.0 Å². The lowest BCUT2D eigenvalue weighted by atomic mass is 10.2. The Morgan fingerprint density at radius 3 is 2.44 bits per heavy atom. The van der Waals surface area contributed by atoms with Crippen LogP contribution >= 0.6 is 0 Å². The Morgan fingerprint density at radius 1 is 1.06 bits per heavy atom. The number of aryl methyl sites for hydroxylation is 2. The fraction of sp³-hybridized carbons (Fsp3) is 0.133. The van der Waals surface area contributed by atoms with Crippen LogP contribution in [0, 0.1) is 21.0 Å². The maximum atomic E-state index is 11.1. The molecule has 92 valence electrons. The smallest absolute Gasteiger partial charge is 0.358 e. The molecule has 0 N–H and O–H groups in total. The summed E-state index contributed by atoms with van der Waals surface area (Å²) < 4.78 is 2.16. The highest BCUT2D eigenvalue weighted by atomic mass is 127. The van der Waals surface area contributed by atoms with Crippen LogP contribution in [-0.4, -0.2) is 5.97 Å². The third kappa shape index (κ3) is 2.90. The maximum absolute atomic E-state index is 11.1. The van der Waals surface area contributed by atoms with E-state index in [-0.39, 0.29) is 0 Å². The van der Waals surface area contributed by atoms with Crippen LogP contribution in [0.25, 0.3) is 0 Å². The number of halogens is 1. The molecule has 0 saturated carbocycles. The van der Waals surface area contributed by atoms with Crippen molar-refractivity contribution in [1.29, 1.82) is 0 Å². The Morgan fingerprint density at radius 2 is 1.78 bits per heavy atom. The third-order valence-electron chi connectivity index (χ3n) is 2.61. The van der Waals surface area contributed by atoms with E-state index >= 15 is 0 Å². The van der Waals surface area contributed by atoms with Gasteiger partial charge in [-0.25, -0.2) is 0 Å². The quantitative estimate of drug-likeness (QED) is 0.651. The Kier molecular flexibility index (Phi) is 4.01. The molecule has 0 aliphatic rings. The van der Waals surface area contributed by atoms with E-state index in [9.17, 15) is 9.90 Å². The standard InChI is InChI=1S/C15H13IO2/c1-10-7-8-13(11(2)9-10)16-14-6-4-3-5-12(14)15(17)18/h3-9H,1-2H3. The zero-order valence-electron chi connectivity index (χ0n) is 10.2. The minimum atomic E-state index is -1.09. The Hall–Kier alpha value is -1.36. The van der Waals surface area contributed by atoms with E-state index in [4.69, 9.17) is 0 Å². The molecule has 2 aromatic rings. The first-order valence-corrected chi connectivity index (χ1v) is 7.76. The first kappa shape index (κ1) is 13.1. The van der Waals surface area contributed by atoms with Crippen molar-refractivity contribution in [2.75, 3.05) is 0 Å². The van der Waals surface area contributed by atoms with Crippen molar-refractivity contribution in [3.63, 3.8) is 0 Å². The fourth-order valence-corrected chi connectivity index (χ4v) is 4.36. The molecule has 0 radical (unpaired) electrons. The molecule has 18 heavy (non-hydrogen) atoms. The number of carboxylic acids is 1. The molecule has 2 rings (SSSR count). The number of carbonyl (C=O) groups excluding carboxylic acids is 1. The molecule has 0 bridgehead atoms. The number of carbonyl (C=O) groups is 1. The Labute approximate surface area is 117 Å². The first-order valence-electron chi connectivity index (χ1n) is 5.60. The van der Waals surface area contributed by atoms with Gasteiger partial charge in [-0.2, -0.15) is 0 Å². The molecule has 0 heterocycles. The van der Waals surface area contributed by atoms with Gasteiger partial charge >= 0.3 is 21.2 Å². The summed E-state index contributed by atoms with van der Waals surface area (Å²) in [5, 5.41) is 11.1. The number of hydrogen-bond donors (Lipinski definition) is 0. The number of carboxylic acid groups (broad SMARTS) is 1. The first-order chi connectivity index (χ1) is 8.58. The zero-order chi connectivity index (χ0) is 13.1. The summed E-state index contributed by atoms with van der Waals surface area (Å²) in [6, 6.07) is 13.4. The van der Waals surface area contributed by atoms with Crippen LogP contribution in [-0.2, 0) is 0 Å². The predicted molar refractivity (Wildman–Crippen MR) is 64.1 cm³/mol. The van der Waals surface area contributed by atoms with Gasteiger partial charge in [0.05, 0.1) is 11.5 Å². The number of aromatic carboxylic acids is 1. The molecular formula is C15H13IO2. The normalized spacial score (nSPS) is 10.3. The molecular weight excluding hydrogens is 339 g/mol. The van der Waals surface area contributed by atoms with Crippen LogP contribution in [0.2, 0.25) is 0 Å². The predicted octanol–water partition coefficient (Wildman–Crippen LogP) is -1.20. The molecule has 0 atom stereocenters. The van der Waals surface area contributed by atoms with Gasteiger partial charge in [0.1, 0.15) is 0 Å². The highest BCUT2D eigenvalue weighted by molar-refractivity contribution is 5.85. The molecule has 0 aliphatic carbocycles. The molecule has 2 aromatic carbocycles. The van der Waals surface area contributed by atoms with E-state index in [1.807, 2.05) is 12.1 Å². The van der Waals surface area contributed by atoms with Crippen LogP contribution in [0.5, 0.6) is 0 Å². The summed E-state index contributed by atoms with van der Waals surface area (Å²) in [4.78, 5) is 11.1. The van der Waals surface area contributed by atoms with Gasteiger partial charge in [0.15, 0.2) is 3.57 Å². The van der Waals surface area contributed by atoms with E-state index in [2.05, 4.69) is 32.0 Å². The van der Waals surface area contributed by atoms with Crippen molar-refractivity contribution < 1.29 is 31.1 Å². The number of rotatable bonds is 3. The van der Waals surface area contributed by atoms with Gasteiger partial charge < -0.3 is 9.90 Å². The Balaban J connectivity index is 2.37. The van der Waals surface area contributed by atoms with E-state index in [0.29, 0.717) is 5.56 Å². The van der Waals surface area contributed by atoms with Crippen molar-refractivity contribution >= 4 is 5.97 Å². The van der Waals surface area contributed by atoms with Gasteiger partial charge in [0, 0.05) is 5.56 Å². The number of hydrogen-bond acceptors (Lipinski definition) is 2. The van der Waals surface area contributed by atoms with Crippen LogP contribution in [0.1, 0.15) is 21.5 Å². The summed E-state index contributed by atoms with van der Waals surface area (Å²) in [7, 11) is 0. The van der Waals surface area contributed by atoms with E-state index < -0.39 is 27.2 Å².